The van der Waals surface area contributed by atoms with Crippen molar-refractivity contribution in [2.75, 3.05) is 13.2 Å². The fourth-order valence-corrected chi connectivity index (χ4v) is 13.6. The summed E-state index contributed by atoms with van der Waals surface area (Å²) in [6.07, 6.45) is 6.62. The quantitative estimate of drug-likeness (QED) is 0.0841. The Kier molecular flexibility index (Phi) is 14.2. The summed E-state index contributed by atoms with van der Waals surface area (Å²) in [6, 6.07) is 47.0. The predicted molar refractivity (Wildman–Crippen MR) is 324 cm³/mol. The van der Waals surface area contributed by atoms with Crippen molar-refractivity contribution in [3.8, 4) is 28.3 Å². The van der Waals surface area contributed by atoms with Crippen molar-refractivity contribution >= 4 is 72.4 Å². The van der Waals surface area contributed by atoms with E-state index in [-0.39, 0.29) is 40.6 Å². The van der Waals surface area contributed by atoms with Crippen LogP contribution in [0.3, 0.4) is 0 Å². The highest BCUT2D eigenvalue weighted by atomic mass is 35.5. The maximum atomic E-state index is 13.9. The van der Waals surface area contributed by atoms with Gasteiger partial charge in [-0.05, 0) is 143 Å². The second kappa shape index (κ2) is 20.2. The molecule has 2 aromatic heterocycles. The van der Waals surface area contributed by atoms with Gasteiger partial charge in [0.2, 0.25) is 5.79 Å². The Hall–Kier alpha value is -6.28. The maximum Gasteiger partial charge on any atom is 0.218 e. The highest BCUT2D eigenvalue weighted by Crippen LogP contribution is 2.52. The number of para-hydroxylation sites is 4. The van der Waals surface area contributed by atoms with Gasteiger partial charge in [0.1, 0.15) is 17.5 Å². The molecule has 0 bridgehead atoms. The number of rotatable bonds is 14. The van der Waals surface area contributed by atoms with Crippen molar-refractivity contribution < 1.29 is 19.7 Å². The van der Waals surface area contributed by atoms with E-state index in [2.05, 4.69) is 206 Å². The molecule has 1 aliphatic rings. The minimum atomic E-state index is -1.86. The number of fused-ring (bicyclic) bond motifs is 6. The topological polar surface area (TPSA) is 68.8 Å². The lowest BCUT2D eigenvalue weighted by atomic mass is 9.68. The average Bonchev–Trinajstić information content (AvgIpc) is 3.95. The monoisotopic (exact) mass is 1060 g/mol. The summed E-state index contributed by atoms with van der Waals surface area (Å²) in [7, 11) is 0. The third kappa shape index (κ3) is 10.5. The van der Waals surface area contributed by atoms with Crippen LogP contribution in [0.2, 0.25) is 10.0 Å². The molecule has 77 heavy (non-hydrogen) atoms. The first-order valence-electron chi connectivity index (χ1n) is 27.2. The summed E-state index contributed by atoms with van der Waals surface area (Å²) >= 11 is 13.9. The van der Waals surface area contributed by atoms with Crippen LogP contribution in [0.15, 0.2) is 157 Å². The van der Waals surface area contributed by atoms with Crippen molar-refractivity contribution in [2.24, 2.45) is 16.2 Å². The number of aliphatic hydroxyl groups is 1. The number of hydrogen-bond donors (Lipinski definition) is 2. The molecule has 0 fully saturated rings. The number of phenols is 1. The molecule has 2 heterocycles. The normalized spacial score (nSPS) is 16.7. The molecule has 9 aromatic rings. The van der Waals surface area contributed by atoms with Crippen molar-refractivity contribution in [2.45, 2.75) is 120 Å². The number of allylic oxidation sites excluding steroid dienone is 2. The largest absolute Gasteiger partial charge is 0.505 e. The van der Waals surface area contributed by atoms with Gasteiger partial charge < -0.3 is 28.8 Å². The summed E-state index contributed by atoms with van der Waals surface area (Å²) in [4.78, 5) is 0. The molecule has 0 spiro atoms. The van der Waals surface area contributed by atoms with Crippen molar-refractivity contribution in [1.82, 2.24) is 9.13 Å². The molecule has 398 valence electrons. The molecule has 7 aromatic carbocycles. The van der Waals surface area contributed by atoms with E-state index in [1.165, 1.54) is 0 Å². The van der Waals surface area contributed by atoms with Gasteiger partial charge in [-0.2, -0.15) is 0 Å². The van der Waals surface area contributed by atoms with Crippen molar-refractivity contribution in [1.29, 1.82) is 0 Å². The van der Waals surface area contributed by atoms with Crippen molar-refractivity contribution in [3.63, 3.8) is 0 Å². The van der Waals surface area contributed by atoms with Gasteiger partial charge in [0.25, 0.3) is 0 Å². The zero-order valence-corrected chi connectivity index (χ0v) is 48.4. The lowest BCUT2D eigenvalue weighted by Gasteiger charge is -2.44. The Morgan fingerprint density at radius 3 is 1.66 bits per heavy atom. The number of aromatic hydroxyl groups is 1. The molecule has 0 saturated carbocycles. The molecule has 8 heteroatoms. The minimum absolute atomic E-state index is 0.0247. The molecule has 2 N–H and O–H groups in total. The van der Waals surface area contributed by atoms with Gasteiger partial charge in [-0.25, -0.2) is 0 Å². The van der Waals surface area contributed by atoms with Crippen LogP contribution in [0.25, 0.3) is 66.0 Å². The Morgan fingerprint density at radius 1 is 0.584 bits per heavy atom. The fourth-order valence-electron chi connectivity index (χ4n) is 13.0. The van der Waals surface area contributed by atoms with Crippen LogP contribution in [-0.4, -0.2) is 38.3 Å². The Morgan fingerprint density at radius 2 is 1.10 bits per heavy atom. The van der Waals surface area contributed by atoms with Crippen LogP contribution in [0.5, 0.6) is 11.5 Å². The molecule has 1 aliphatic carbocycles. The number of aryl methyl sites for hydroxylation is 2. The molecular weight excluding hydrogens is 992 g/mol. The molecule has 0 radical (unpaired) electrons. The zero-order valence-electron chi connectivity index (χ0n) is 46.9. The molecule has 0 aliphatic heterocycles. The first-order valence-corrected chi connectivity index (χ1v) is 27.9. The molecule has 2 atom stereocenters. The minimum Gasteiger partial charge on any atom is -0.505 e. The van der Waals surface area contributed by atoms with E-state index in [1.54, 1.807) is 0 Å². The van der Waals surface area contributed by atoms with Crippen LogP contribution >= 0.6 is 23.2 Å². The summed E-state index contributed by atoms with van der Waals surface area (Å²) in [5.41, 5.74) is 11.0. The lowest BCUT2D eigenvalue weighted by molar-refractivity contribution is -0.179. The second-order valence-corrected chi connectivity index (χ2v) is 26.3. The summed E-state index contributed by atoms with van der Waals surface area (Å²) in [5.74, 6) is -1.11. The van der Waals surface area contributed by atoms with Crippen LogP contribution in [-0.2, 0) is 10.2 Å². The standard InChI is InChI=1S/C69H74Cl2N2O4/c1-43-32-45(35-48(70)33-43)56-37-47(68(11,12)42-66(6,7)8)39-62(73-59-28-19-15-24-52(59)53-25-16-20-29-60(53)73)69(56,75)77-31-21-30-76-64-44(2)34-49(71)40-55(64)54-36-46(67(9,10)41-65(3,4)5)38-61(63(54)74)72-57-26-17-13-22-50(57)51-23-14-18-27-58(51)72/h13-20,22-29,32-40,62,74-75H,21,30-31,41-42H2,1-12H3. The molecule has 0 saturated heterocycles. The van der Waals surface area contributed by atoms with Gasteiger partial charge in [0, 0.05) is 65.7 Å². The number of benzene rings is 7. The van der Waals surface area contributed by atoms with Gasteiger partial charge in [-0.1, -0.05) is 177 Å². The van der Waals surface area contributed by atoms with Crippen LogP contribution < -0.4 is 4.74 Å². The Bertz CT molecular complexity index is 3670. The van der Waals surface area contributed by atoms with Crippen molar-refractivity contribution in [3.05, 3.63) is 190 Å². The highest BCUT2D eigenvalue weighted by Gasteiger charge is 2.48. The van der Waals surface area contributed by atoms with Crippen LogP contribution in [0.4, 0.5) is 0 Å². The smallest absolute Gasteiger partial charge is 0.218 e. The number of hydrogen-bond acceptors (Lipinski definition) is 4. The molecule has 0 amide bonds. The summed E-state index contributed by atoms with van der Waals surface area (Å²) in [5, 5.41) is 32.3. The lowest BCUT2D eigenvalue weighted by Crippen LogP contribution is -2.45. The SMILES string of the molecule is Cc1cc(Cl)cc(C2=CC(C(C)(C)CC(C)(C)C)=CC(n3c4ccccc4c4ccccc43)C2(O)OCCCOc2c(C)cc(Cl)cc2-c2cc(C(C)(C)CC(C)(C)C)cc(-n3c4ccccc4c4ccccc43)c2O)c1. The number of ether oxygens (including phenoxy) is 2. The Labute approximate surface area is 465 Å². The third-order valence-corrected chi connectivity index (χ3v) is 15.9. The first-order chi connectivity index (χ1) is 36.3. The third-order valence-electron chi connectivity index (χ3n) is 15.5. The van der Waals surface area contributed by atoms with E-state index in [1.807, 2.05) is 38.1 Å². The summed E-state index contributed by atoms with van der Waals surface area (Å²) < 4.78 is 18.5. The van der Waals surface area contributed by atoms with Gasteiger partial charge in [-0.3, -0.25) is 0 Å². The van der Waals surface area contributed by atoms with Gasteiger partial charge in [0.15, 0.2) is 0 Å². The van der Waals surface area contributed by atoms with E-state index in [9.17, 15) is 10.2 Å². The van der Waals surface area contributed by atoms with E-state index in [0.717, 1.165) is 84.3 Å². The molecule has 6 nitrogen and oxygen atoms in total. The van der Waals surface area contributed by atoms with Gasteiger partial charge in [0.05, 0.1) is 29.9 Å². The number of phenolic OH excluding ortho intramolecular Hbond substituents is 1. The summed E-state index contributed by atoms with van der Waals surface area (Å²) in [6.45, 7) is 27.3. The maximum absolute atomic E-state index is 13.9. The second-order valence-electron chi connectivity index (χ2n) is 25.4. The van der Waals surface area contributed by atoms with E-state index < -0.39 is 11.8 Å². The molecule has 2 unspecified atom stereocenters. The van der Waals surface area contributed by atoms with E-state index in [0.29, 0.717) is 44.6 Å². The fraction of sp³-hybridized carbons (Fsp3) is 0.333. The highest BCUT2D eigenvalue weighted by molar-refractivity contribution is 6.31. The first kappa shape index (κ1) is 54.1. The van der Waals surface area contributed by atoms with E-state index >= 15 is 0 Å². The number of aromatic nitrogens is 2. The zero-order chi connectivity index (χ0) is 55.0. The predicted octanol–water partition coefficient (Wildman–Crippen LogP) is 19.1. The van der Waals surface area contributed by atoms with Crippen LogP contribution in [0, 0.1) is 30.1 Å². The van der Waals surface area contributed by atoms with E-state index in [4.69, 9.17) is 32.7 Å². The average molecular weight is 1070 g/mol. The number of halogens is 2. The molecule has 10 rings (SSSR count). The Balaban J connectivity index is 1.05. The van der Waals surface area contributed by atoms with Crippen LogP contribution in [0.1, 0.15) is 117 Å². The van der Waals surface area contributed by atoms with Gasteiger partial charge >= 0.3 is 0 Å². The number of nitrogens with zero attached hydrogens (tertiary/aromatic N) is 2. The molecular formula is C69H74Cl2N2O4. The van der Waals surface area contributed by atoms with Gasteiger partial charge in [-0.15, -0.1) is 0 Å².